The van der Waals surface area contributed by atoms with Crippen molar-refractivity contribution in [1.82, 2.24) is 9.80 Å². The fraction of sp³-hybridized carbons (Fsp3) is 0.389. The zero-order valence-corrected chi connectivity index (χ0v) is 15.2. The van der Waals surface area contributed by atoms with Gasteiger partial charge in [-0.25, -0.2) is 4.79 Å². The van der Waals surface area contributed by atoms with Crippen molar-refractivity contribution >= 4 is 23.5 Å². The smallest absolute Gasteiger partial charge is 0.337 e. The van der Waals surface area contributed by atoms with Gasteiger partial charge in [0.1, 0.15) is 18.1 Å². The highest BCUT2D eigenvalue weighted by Gasteiger charge is 2.34. The van der Waals surface area contributed by atoms with Crippen LogP contribution in [0.3, 0.4) is 0 Å². The van der Waals surface area contributed by atoms with E-state index in [-0.39, 0.29) is 36.9 Å². The molecule has 2 aliphatic rings. The molecule has 0 saturated carbocycles. The highest BCUT2D eigenvalue weighted by Crippen LogP contribution is 2.28. The largest absolute Gasteiger partial charge is 0.491 e. The Balaban J connectivity index is 1.93. The van der Waals surface area contributed by atoms with Crippen LogP contribution in [0.5, 0.6) is 5.75 Å². The summed E-state index contributed by atoms with van der Waals surface area (Å²) in [5.41, 5.74) is 1.09. The topological polar surface area (TPSA) is 108 Å². The molecular formula is C18H21N3O6. The quantitative estimate of drug-likeness (QED) is 0.688. The highest BCUT2D eigenvalue weighted by atomic mass is 16.5. The molecule has 2 aliphatic heterocycles. The Labute approximate surface area is 156 Å². The van der Waals surface area contributed by atoms with Crippen molar-refractivity contribution in [2.45, 2.75) is 0 Å². The van der Waals surface area contributed by atoms with Crippen molar-refractivity contribution in [3.63, 3.8) is 0 Å². The predicted molar refractivity (Wildman–Crippen MR) is 95.2 cm³/mol. The highest BCUT2D eigenvalue weighted by molar-refractivity contribution is 6.08. The maximum absolute atomic E-state index is 12.6. The molecule has 1 aromatic rings. The minimum absolute atomic E-state index is 0.0458. The molecule has 0 aliphatic carbocycles. The number of hydrogen-bond donors (Lipinski definition) is 2. The molecule has 0 bridgehead atoms. The summed E-state index contributed by atoms with van der Waals surface area (Å²) < 4.78 is 10.3. The van der Waals surface area contributed by atoms with E-state index in [2.05, 4.69) is 5.32 Å². The number of benzene rings is 1. The van der Waals surface area contributed by atoms with Gasteiger partial charge < -0.3 is 29.7 Å². The lowest BCUT2D eigenvalue weighted by Crippen LogP contribution is -2.31. The number of aliphatic hydroxyl groups excluding tert-OH is 1. The van der Waals surface area contributed by atoms with Crippen LogP contribution in [0, 0.1) is 0 Å². The Kier molecular flexibility index (Phi) is 5.31. The summed E-state index contributed by atoms with van der Waals surface area (Å²) in [5, 5.41) is 12.0. The van der Waals surface area contributed by atoms with E-state index in [1.54, 1.807) is 30.1 Å². The average molecular weight is 375 g/mol. The first-order valence-corrected chi connectivity index (χ1v) is 8.47. The number of likely N-dealkylation sites (N-methyl/N-ethyl adjacent to an activating group) is 1. The Morgan fingerprint density at radius 3 is 2.81 bits per heavy atom. The van der Waals surface area contributed by atoms with Crippen molar-refractivity contribution in [1.29, 1.82) is 0 Å². The van der Waals surface area contributed by atoms with Crippen molar-refractivity contribution in [3.8, 4) is 5.75 Å². The summed E-state index contributed by atoms with van der Waals surface area (Å²) in [7, 11) is 2.92. The molecule has 0 aromatic heterocycles. The lowest BCUT2D eigenvalue weighted by molar-refractivity contribution is -0.136. The van der Waals surface area contributed by atoms with Crippen LogP contribution in [-0.4, -0.2) is 79.7 Å². The Morgan fingerprint density at radius 2 is 2.11 bits per heavy atom. The summed E-state index contributed by atoms with van der Waals surface area (Å²) in [4.78, 5) is 40.0. The number of fused-ring (bicyclic) bond motifs is 1. The fourth-order valence-electron chi connectivity index (χ4n) is 2.99. The second kappa shape index (κ2) is 7.67. The van der Waals surface area contributed by atoms with Crippen LogP contribution in [0.4, 0.5) is 5.69 Å². The van der Waals surface area contributed by atoms with Crippen molar-refractivity contribution in [3.05, 3.63) is 35.0 Å². The third kappa shape index (κ3) is 3.59. The first kappa shape index (κ1) is 18.7. The third-order valence-corrected chi connectivity index (χ3v) is 4.46. The van der Waals surface area contributed by atoms with Gasteiger partial charge in [0.25, 0.3) is 11.8 Å². The minimum atomic E-state index is -0.625. The van der Waals surface area contributed by atoms with E-state index >= 15 is 0 Å². The molecule has 0 radical (unpaired) electrons. The molecule has 0 saturated heterocycles. The maximum Gasteiger partial charge on any atom is 0.337 e. The molecule has 3 rings (SSSR count). The van der Waals surface area contributed by atoms with Crippen molar-refractivity contribution in [2.24, 2.45) is 0 Å². The van der Waals surface area contributed by atoms with E-state index in [0.29, 0.717) is 30.2 Å². The van der Waals surface area contributed by atoms with Gasteiger partial charge in [-0.15, -0.1) is 0 Å². The van der Waals surface area contributed by atoms with Gasteiger partial charge in [-0.1, -0.05) is 0 Å². The number of hydrogen-bond acceptors (Lipinski definition) is 7. The van der Waals surface area contributed by atoms with Gasteiger partial charge in [-0.05, 0) is 18.2 Å². The van der Waals surface area contributed by atoms with Gasteiger partial charge in [0.2, 0.25) is 0 Å². The number of amides is 2. The van der Waals surface area contributed by atoms with Crippen LogP contribution in [0.15, 0.2) is 29.5 Å². The molecule has 0 fully saturated rings. The summed E-state index contributed by atoms with van der Waals surface area (Å²) in [6.07, 6.45) is 0. The third-order valence-electron chi connectivity index (χ3n) is 4.46. The molecule has 2 N–H and O–H groups in total. The van der Waals surface area contributed by atoms with E-state index in [1.165, 1.54) is 12.0 Å². The molecule has 0 spiro atoms. The molecule has 27 heavy (non-hydrogen) atoms. The molecule has 0 atom stereocenters. The van der Waals surface area contributed by atoms with Crippen LogP contribution >= 0.6 is 0 Å². The summed E-state index contributed by atoms with van der Waals surface area (Å²) in [6, 6.07) is 4.91. The number of ether oxygens (including phenoxy) is 2. The second-order valence-corrected chi connectivity index (χ2v) is 6.21. The fourth-order valence-corrected chi connectivity index (χ4v) is 2.99. The Bertz CT molecular complexity index is 819. The van der Waals surface area contributed by atoms with Crippen LogP contribution in [0.25, 0.3) is 0 Å². The first-order valence-electron chi connectivity index (χ1n) is 8.47. The summed E-state index contributed by atoms with van der Waals surface area (Å²) in [5.74, 6) is -0.760. The lowest BCUT2D eigenvalue weighted by atomic mass is 10.1. The molecular weight excluding hydrogens is 354 g/mol. The van der Waals surface area contributed by atoms with Crippen molar-refractivity contribution < 1.29 is 29.0 Å². The predicted octanol–water partition coefficient (Wildman–Crippen LogP) is -0.175. The number of aliphatic hydroxyl groups is 1. The van der Waals surface area contributed by atoms with Gasteiger partial charge in [-0.2, -0.15) is 0 Å². The first-order chi connectivity index (χ1) is 13.0. The average Bonchev–Trinajstić information content (AvgIpc) is 2.89. The normalized spacial score (nSPS) is 16.9. The maximum atomic E-state index is 12.6. The number of esters is 1. The monoisotopic (exact) mass is 375 g/mol. The molecule has 2 amide bonds. The van der Waals surface area contributed by atoms with E-state index in [1.807, 2.05) is 0 Å². The molecule has 0 unspecified atom stereocenters. The van der Waals surface area contributed by atoms with Gasteiger partial charge in [0, 0.05) is 19.3 Å². The Hall–Kier alpha value is -3.07. The zero-order valence-electron chi connectivity index (χ0n) is 15.2. The number of anilines is 1. The minimum Gasteiger partial charge on any atom is -0.491 e. The van der Waals surface area contributed by atoms with Crippen LogP contribution in [0.2, 0.25) is 0 Å². The van der Waals surface area contributed by atoms with Gasteiger partial charge in [0.15, 0.2) is 0 Å². The number of methoxy groups -OCH3 is 1. The number of β-amino-alcohol motifs (C(OH)–C–C–N with tert-alkyl or cyclic N) is 1. The van der Waals surface area contributed by atoms with Crippen LogP contribution in [-0.2, 0) is 14.3 Å². The van der Waals surface area contributed by atoms with Gasteiger partial charge in [-0.3, -0.25) is 9.59 Å². The van der Waals surface area contributed by atoms with Gasteiger partial charge >= 0.3 is 5.97 Å². The summed E-state index contributed by atoms with van der Waals surface area (Å²) in [6.45, 7) is 0.803. The van der Waals surface area contributed by atoms with Crippen LogP contribution < -0.4 is 10.1 Å². The van der Waals surface area contributed by atoms with E-state index < -0.39 is 11.9 Å². The number of nitrogens with zero attached hydrogens (tertiary/aromatic N) is 2. The number of nitrogens with one attached hydrogen (secondary N) is 1. The number of carbonyl (C=O) groups excluding carboxylic acids is 3. The second-order valence-electron chi connectivity index (χ2n) is 6.21. The lowest BCUT2D eigenvalue weighted by Gasteiger charge is -2.16. The number of rotatable bonds is 5. The molecule has 144 valence electrons. The van der Waals surface area contributed by atoms with Crippen LogP contribution in [0.1, 0.15) is 10.4 Å². The van der Waals surface area contributed by atoms with E-state index in [9.17, 15) is 14.4 Å². The van der Waals surface area contributed by atoms with Gasteiger partial charge in [0.05, 0.1) is 37.9 Å². The van der Waals surface area contributed by atoms with E-state index in [4.69, 9.17) is 14.6 Å². The molecule has 9 heteroatoms. The van der Waals surface area contributed by atoms with Crippen molar-refractivity contribution in [2.75, 3.05) is 52.3 Å². The summed E-state index contributed by atoms with van der Waals surface area (Å²) >= 11 is 0. The molecule has 1 aromatic carbocycles. The standard InChI is InChI=1S/C18H21N3O6/c1-20-6-8-27-14-4-3-11(9-12(14)16(20)23)19-15-13(18(25)26-2)10-21(5-7-22)17(15)24/h3-4,9,19,22H,5-8,10H2,1-2H3. The zero-order chi connectivity index (χ0) is 19.6. The van der Waals surface area contributed by atoms with E-state index in [0.717, 1.165) is 0 Å². The number of carbonyl (C=O) groups is 3. The Morgan fingerprint density at radius 1 is 1.33 bits per heavy atom. The SMILES string of the molecule is COC(=O)C1=C(Nc2ccc3c(c2)C(=O)N(C)CCO3)C(=O)N(CCO)C1. The molecule has 2 heterocycles. The molecule has 9 nitrogen and oxygen atoms in total.